The number of carbonyl (C=O) groups is 1. The Morgan fingerprint density at radius 1 is 1.16 bits per heavy atom. The molecule has 0 radical (unpaired) electrons. The van der Waals surface area contributed by atoms with Crippen molar-refractivity contribution in [2.75, 3.05) is 38.1 Å². The first-order chi connectivity index (χ1) is 18.3. The van der Waals surface area contributed by atoms with Gasteiger partial charge in [0, 0.05) is 42.5 Å². The summed E-state index contributed by atoms with van der Waals surface area (Å²) in [5.74, 6) is 1.55. The van der Waals surface area contributed by atoms with Crippen molar-refractivity contribution in [2.45, 2.75) is 65.5 Å². The van der Waals surface area contributed by atoms with E-state index in [0.29, 0.717) is 18.6 Å². The lowest BCUT2D eigenvalue weighted by molar-refractivity contribution is -0.133. The molecule has 2 saturated heterocycles. The zero-order valence-corrected chi connectivity index (χ0v) is 23.3. The second-order valence-corrected chi connectivity index (χ2v) is 11.4. The topological polar surface area (TPSA) is 85.7 Å². The van der Waals surface area contributed by atoms with Gasteiger partial charge in [-0.15, -0.1) is 0 Å². The average molecular weight is 515 g/mol. The number of aryl methyl sites for hydroxylation is 1. The van der Waals surface area contributed by atoms with Gasteiger partial charge < -0.3 is 14.8 Å². The molecule has 0 aromatic carbocycles. The third-order valence-corrected chi connectivity index (χ3v) is 8.68. The number of fused-ring (bicyclic) bond motifs is 4. The number of piperazine rings is 1. The molecule has 200 valence electrons. The molecule has 6 heterocycles. The van der Waals surface area contributed by atoms with Crippen LogP contribution in [0.4, 0.5) is 5.82 Å². The van der Waals surface area contributed by atoms with Crippen LogP contribution in [0.5, 0.6) is 0 Å². The number of hydrogen-bond acceptors (Lipinski definition) is 6. The van der Waals surface area contributed by atoms with E-state index in [1.54, 1.807) is 6.33 Å². The van der Waals surface area contributed by atoms with Gasteiger partial charge in [0.15, 0.2) is 5.65 Å². The summed E-state index contributed by atoms with van der Waals surface area (Å²) in [5, 5.41) is 4.41. The highest BCUT2D eigenvalue weighted by molar-refractivity contribution is 5.90. The van der Waals surface area contributed by atoms with Crippen LogP contribution in [0.15, 0.2) is 24.7 Å². The van der Waals surface area contributed by atoms with Crippen LogP contribution in [-0.2, 0) is 4.79 Å². The lowest BCUT2D eigenvalue weighted by Gasteiger charge is -2.42. The van der Waals surface area contributed by atoms with Gasteiger partial charge >= 0.3 is 0 Å². The first kappa shape index (κ1) is 24.9. The maximum absolute atomic E-state index is 12.9. The fourth-order valence-electron chi connectivity index (χ4n) is 6.37. The number of anilines is 1. The van der Waals surface area contributed by atoms with Crippen molar-refractivity contribution in [3.8, 4) is 11.3 Å². The summed E-state index contributed by atoms with van der Waals surface area (Å²) in [6, 6.07) is 4.96. The van der Waals surface area contributed by atoms with Crippen molar-refractivity contribution < 1.29 is 4.79 Å². The molecule has 9 nitrogen and oxygen atoms in total. The molecule has 0 saturated carbocycles. The van der Waals surface area contributed by atoms with Crippen LogP contribution in [0, 0.1) is 13.8 Å². The Hall–Kier alpha value is -3.46. The molecule has 9 heteroatoms. The highest BCUT2D eigenvalue weighted by Crippen LogP contribution is 2.40. The Kier molecular flexibility index (Phi) is 6.13. The number of pyridine rings is 2. The monoisotopic (exact) mass is 514 g/mol. The molecule has 4 aromatic rings. The molecule has 1 amide bonds. The molecule has 0 spiro atoms. The van der Waals surface area contributed by atoms with Gasteiger partial charge in [-0.25, -0.2) is 14.5 Å². The molecule has 2 bridgehead atoms. The van der Waals surface area contributed by atoms with E-state index in [1.807, 2.05) is 11.6 Å². The number of aromatic nitrogens is 5. The summed E-state index contributed by atoms with van der Waals surface area (Å²) in [6.45, 7) is 13.7. The van der Waals surface area contributed by atoms with E-state index in [0.717, 1.165) is 71.8 Å². The first-order valence-corrected chi connectivity index (χ1v) is 13.8. The lowest BCUT2D eigenvalue weighted by Crippen LogP contribution is -2.57. The minimum atomic E-state index is 0.238. The van der Waals surface area contributed by atoms with E-state index < -0.39 is 0 Å². The molecule has 0 unspecified atom stereocenters. The normalized spacial score (nSPS) is 19.6. The molecule has 2 aliphatic rings. The Labute approximate surface area is 223 Å². The van der Waals surface area contributed by atoms with Gasteiger partial charge in [0.2, 0.25) is 5.91 Å². The molecule has 0 aliphatic carbocycles. The van der Waals surface area contributed by atoms with Crippen LogP contribution in [0.3, 0.4) is 0 Å². The van der Waals surface area contributed by atoms with Crippen LogP contribution in [0.25, 0.3) is 27.9 Å². The maximum Gasteiger partial charge on any atom is 0.236 e. The Balaban J connectivity index is 1.37. The number of amides is 1. The van der Waals surface area contributed by atoms with Gasteiger partial charge in [0.05, 0.1) is 23.3 Å². The number of rotatable bonds is 6. The van der Waals surface area contributed by atoms with Gasteiger partial charge in [-0.1, -0.05) is 20.8 Å². The first-order valence-electron chi connectivity index (χ1n) is 13.8. The third-order valence-electron chi connectivity index (χ3n) is 8.68. The Morgan fingerprint density at radius 3 is 2.58 bits per heavy atom. The summed E-state index contributed by atoms with van der Waals surface area (Å²) < 4.78 is 1.86. The van der Waals surface area contributed by atoms with Crippen LogP contribution in [-0.4, -0.2) is 85.6 Å². The highest BCUT2D eigenvalue weighted by Gasteiger charge is 2.42. The van der Waals surface area contributed by atoms with E-state index in [9.17, 15) is 4.79 Å². The van der Waals surface area contributed by atoms with E-state index in [2.05, 4.69) is 82.7 Å². The van der Waals surface area contributed by atoms with E-state index in [1.165, 1.54) is 11.1 Å². The quantitative estimate of drug-likeness (QED) is 0.416. The summed E-state index contributed by atoms with van der Waals surface area (Å²) in [6.07, 6.45) is 5.89. The lowest BCUT2D eigenvalue weighted by atomic mass is 9.95. The van der Waals surface area contributed by atoms with Gasteiger partial charge in [0.25, 0.3) is 0 Å². The zero-order valence-electron chi connectivity index (χ0n) is 23.3. The molecule has 2 fully saturated rings. The predicted octanol–water partition coefficient (Wildman–Crippen LogP) is 4.14. The number of likely N-dealkylation sites (N-methyl/N-ethyl adjacent to an activating group) is 1. The number of aromatic amines is 1. The third kappa shape index (κ3) is 3.95. The largest absolute Gasteiger partial charge is 0.353 e. The second kappa shape index (κ2) is 9.38. The van der Waals surface area contributed by atoms with Crippen molar-refractivity contribution in [1.29, 1.82) is 0 Å². The molecule has 1 N–H and O–H groups in total. The molecule has 2 aliphatic heterocycles. The van der Waals surface area contributed by atoms with Crippen LogP contribution in [0.1, 0.15) is 56.2 Å². The van der Waals surface area contributed by atoms with Gasteiger partial charge in [-0.3, -0.25) is 9.69 Å². The van der Waals surface area contributed by atoms with Crippen molar-refractivity contribution in [3.05, 3.63) is 41.3 Å². The maximum atomic E-state index is 12.9. The highest BCUT2D eigenvalue weighted by atomic mass is 16.2. The summed E-state index contributed by atoms with van der Waals surface area (Å²) >= 11 is 0. The smallest absolute Gasteiger partial charge is 0.236 e. The van der Waals surface area contributed by atoms with Crippen molar-refractivity contribution in [3.63, 3.8) is 0 Å². The summed E-state index contributed by atoms with van der Waals surface area (Å²) in [5.41, 5.74) is 8.78. The number of nitrogens with one attached hydrogen (secondary N) is 1. The number of carbonyl (C=O) groups excluding carboxylic acids is 1. The molecule has 4 aromatic heterocycles. The zero-order chi connectivity index (χ0) is 26.7. The second-order valence-electron chi connectivity index (χ2n) is 11.4. The predicted molar refractivity (Wildman–Crippen MR) is 151 cm³/mol. The minimum Gasteiger partial charge on any atom is -0.353 e. The van der Waals surface area contributed by atoms with Gasteiger partial charge in [0.1, 0.15) is 12.1 Å². The van der Waals surface area contributed by atoms with Crippen LogP contribution < -0.4 is 4.90 Å². The Morgan fingerprint density at radius 2 is 1.89 bits per heavy atom. The number of likely N-dealkylation sites (tertiary alicyclic amines) is 1. The van der Waals surface area contributed by atoms with Gasteiger partial charge in [-0.2, -0.15) is 5.10 Å². The SMILES string of the molecule is CCN(C)CC(=O)N1C[C@H]2CC[C@@H](C1)N2c1ccc2[nH]c(-c3cn4ncnc4c(C)c3C)c(C(C)C)c2n1. The molecule has 6 rings (SSSR count). The van der Waals surface area contributed by atoms with E-state index >= 15 is 0 Å². The van der Waals surface area contributed by atoms with Gasteiger partial charge in [-0.05, 0) is 69.5 Å². The molecule has 38 heavy (non-hydrogen) atoms. The van der Waals surface area contributed by atoms with Crippen molar-refractivity contribution in [2.24, 2.45) is 0 Å². The molecule has 2 atom stereocenters. The summed E-state index contributed by atoms with van der Waals surface area (Å²) in [4.78, 5) is 33.0. The number of H-pyrrole nitrogens is 1. The fraction of sp³-hybridized carbons (Fsp3) is 0.517. The Bertz CT molecular complexity index is 1500. The minimum absolute atomic E-state index is 0.238. The van der Waals surface area contributed by atoms with E-state index in [4.69, 9.17) is 4.98 Å². The standard InChI is InChI=1S/C29H38N8O/c1-7-34(6)15-25(38)35-12-20-8-9-21(13-35)37(20)24-11-10-23-28(33-24)26(17(2)3)27(32-23)22-14-36-29(30-16-31-36)19(5)18(22)4/h10-11,14,16-17,20-21,32H,7-9,12-13,15H2,1-6H3/t20-,21+. The molecular weight excluding hydrogens is 476 g/mol. The molecular formula is C29H38N8O. The van der Waals surface area contributed by atoms with E-state index in [-0.39, 0.29) is 11.8 Å². The van der Waals surface area contributed by atoms with Crippen LogP contribution in [0.2, 0.25) is 0 Å². The van der Waals surface area contributed by atoms with Crippen molar-refractivity contribution >= 4 is 28.4 Å². The van der Waals surface area contributed by atoms with Crippen molar-refractivity contribution in [1.82, 2.24) is 34.4 Å². The average Bonchev–Trinajstić information content (AvgIpc) is 3.59. The summed E-state index contributed by atoms with van der Waals surface area (Å²) in [7, 11) is 2.01. The number of hydrogen-bond donors (Lipinski definition) is 1. The number of nitrogens with zero attached hydrogens (tertiary/aromatic N) is 7. The fourth-order valence-corrected chi connectivity index (χ4v) is 6.37. The van der Waals surface area contributed by atoms with Crippen LogP contribution >= 0.6 is 0 Å².